The van der Waals surface area contributed by atoms with Crippen molar-refractivity contribution in [1.29, 1.82) is 0 Å². The molecule has 0 aromatic heterocycles. The Morgan fingerprint density at radius 3 is 2.48 bits per heavy atom. The number of rotatable bonds is 5. The van der Waals surface area contributed by atoms with Gasteiger partial charge in [-0.3, -0.25) is 14.9 Å². The van der Waals surface area contributed by atoms with Crippen molar-refractivity contribution >= 4 is 17.7 Å². The fraction of sp³-hybridized carbons (Fsp3) is 0.385. The van der Waals surface area contributed by atoms with E-state index in [1.165, 1.54) is 12.1 Å². The van der Waals surface area contributed by atoms with Gasteiger partial charge in [-0.15, -0.1) is 0 Å². The average molecular weight is 293 g/mol. The third-order valence-electron chi connectivity index (χ3n) is 3.30. The summed E-state index contributed by atoms with van der Waals surface area (Å²) in [5, 5.41) is 21.8. The monoisotopic (exact) mass is 293 g/mol. The molecule has 1 aliphatic heterocycles. The largest absolute Gasteiger partial charge is 0.481 e. The minimum atomic E-state index is -0.856. The molecule has 0 unspecified atom stereocenters. The topological polar surface area (TPSA) is 113 Å². The highest BCUT2D eigenvalue weighted by atomic mass is 16.6. The van der Waals surface area contributed by atoms with Crippen LogP contribution < -0.4 is 5.32 Å². The number of hydrogen-bond donors (Lipinski definition) is 2. The third kappa shape index (κ3) is 3.91. The molecule has 0 spiro atoms. The SMILES string of the molecule is O=C(O)CC1CN(C(=O)NCc2ccc([N+](=O)[O-])cc2)C1. The standard InChI is InChI=1S/C13H15N3O5/c17-12(18)5-10-7-15(8-10)13(19)14-6-9-1-3-11(4-2-9)16(20)21/h1-4,10H,5-8H2,(H,14,19)(H,17,18). The summed E-state index contributed by atoms with van der Waals surface area (Å²) in [5.74, 6) is -0.835. The van der Waals surface area contributed by atoms with Crippen molar-refractivity contribution in [1.82, 2.24) is 10.2 Å². The molecule has 0 bridgehead atoms. The molecule has 1 aromatic carbocycles. The molecule has 2 N–H and O–H groups in total. The van der Waals surface area contributed by atoms with E-state index in [9.17, 15) is 19.7 Å². The Hall–Kier alpha value is -2.64. The van der Waals surface area contributed by atoms with Gasteiger partial charge in [0.25, 0.3) is 5.69 Å². The zero-order chi connectivity index (χ0) is 15.4. The second-order valence-electron chi connectivity index (χ2n) is 4.95. The summed E-state index contributed by atoms with van der Waals surface area (Å²) in [6.45, 7) is 1.16. The van der Waals surface area contributed by atoms with Crippen LogP contribution in [0.2, 0.25) is 0 Å². The summed E-state index contributed by atoms with van der Waals surface area (Å²) < 4.78 is 0. The number of hydrogen-bond acceptors (Lipinski definition) is 4. The maximum absolute atomic E-state index is 11.8. The molecule has 1 saturated heterocycles. The second kappa shape index (κ2) is 6.21. The van der Waals surface area contributed by atoms with Gasteiger partial charge in [0.05, 0.1) is 11.3 Å². The highest BCUT2D eigenvalue weighted by Gasteiger charge is 2.31. The quantitative estimate of drug-likeness (QED) is 0.626. The number of aliphatic carboxylic acids is 1. The molecule has 1 aliphatic rings. The lowest BCUT2D eigenvalue weighted by atomic mass is 9.97. The van der Waals surface area contributed by atoms with Crippen molar-refractivity contribution < 1.29 is 19.6 Å². The lowest BCUT2D eigenvalue weighted by Crippen LogP contribution is -2.54. The first-order chi connectivity index (χ1) is 9.95. The Kier molecular flexibility index (Phi) is 4.36. The molecule has 21 heavy (non-hydrogen) atoms. The van der Waals surface area contributed by atoms with Crippen LogP contribution in [0.15, 0.2) is 24.3 Å². The highest BCUT2D eigenvalue weighted by Crippen LogP contribution is 2.19. The van der Waals surface area contributed by atoms with Gasteiger partial charge in [0.15, 0.2) is 0 Å². The number of carbonyl (C=O) groups is 2. The van der Waals surface area contributed by atoms with Crippen LogP contribution in [-0.2, 0) is 11.3 Å². The van der Waals surface area contributed by atoms with E-state index in [-0.39, 0.29) is 30.6 Å². The summed E-state index contributed by atoms with van der Waals surface area (Å²) in [6.07, 6.45) is 0.0755. The fourth-order valence-electron chi connectivity index (χ4n) is 2.14. The Morgan fingerprint density at radius 2 is 1.95 bits per heavy atom. The van der Waals surface area contributed by atoms with Crippen LogP contribution in [0.4, 0.5) is 10.5 Å². The Bertz CT molecular complexity index is 551. The first-order valence-corrected chi connectivity index (χ1v) is 6.43. The molecule has 0 radical (unpaired) electrons. The highest BCUT2D eigenvalue weighted by molar-refractivity contribution is 5.75. The number of carboxylic acid groups (broad SMARTS) is 1. The van der Waals surface area contributed by atoms with E-state index in [2.05, 4.69) is 5.32 Å². The van der Waals surface area contributed by atoms with Gasteiger partial charge < -0.3 is 15.3 Å². The molecule has 8 nitrogen and oxygen atoms in total. The fourth-order valence-corrected chi connectivity index (χ4v) is 2.14. The summed E-state index contributed by atoms with van der Waals surface area (Å²) in [4.78, 5) is 33.8. The smallest absolute Gasteiger partial charge is 0.317 e. The first kappa shape index (κ1) is 14.8. The number of likely N-dealkylation sites (tertiary alicyclic amines) is 1. The van der Waals surface area contributed by atoms with Crippen LogP contribution in [0.25, 0.3) is 0 Å². The van der Waals surface area contributed by atoms with E-state index in [0.29, 0.717) is 13.1 Å². The predicted octanol–water partition coefficient (Wildman–Crippen LogP) is 1.21. The number of nitro groups is 1. The number of nitrogens with one attached hydrogen (secondary N) is 1. The van der Waals surface area contributed by atoms with E-state index in [4.69, 9.17) is 5.11 Å². The van der Waals surface area contributed by atoms with Crippen LogP contribution in [0, 0.1) is 16.0 Å². The van der Waals surface area contributed by atoms with E-state index in [1.54, 1.807) is 17.0 Å². The van der Waals surface area contributed by atoms with Crippen molar-refractivity contribution in [3.8, 4) is 0 Å². The molecule has 0 atom stereocenters. The van der Waals surface area contributed by atoms with Gasteiger partial charge in [-0.1, -0.05) is 12.1 Å². The zero-order valence-electron chi connectivity index (χ0n) is 11.2. The lowest BCUT2D eigenvalue weighted by molar-refractivity contribution is -0.384. The number of urea groups is 1. The van der Waals surface area contributed by atoms with Crippen LogP contribution in [0.5, 0.6) is 0 Å². The summed E-state index contributed by atoms with van der Waals surface area (Å²) in [6, 6.07) is 5.68. The average Bonchev–Trinajstić information content (AvgIpc) is 2.40. The normalized spacial score (nSPS) is 14.4. The molecular weight excluding hydrogens is 278 g/mol. The number of non-ortho nitro benzene ring substituents is 1. The van der Waals surface area contributed by atoms with Gasteiger partial charge in [0.1, 0.15) is 0 Å². The molecule has 112 valence electrons. The van der Waals surface area contributed by atoms with E-state index >= 15 is 0 Å². The van der Waals surface area contributed by atoms with Crippen LogP contribution >= 0.6 is 0 Å². The number of benzene rings is 1. The summed E-state index contributed by atoms with van der Waals surface area (Å²) in [7, 11) is 0. The number of amides is 2. The number of carboxylic acids is 1. The van der Waals surface area contributed by atoms with Gasteiger partial charge >= 0.3 is 12.0 Å². The minimum Gasteiger partial charge on any atom is -0.481 e. The van der Waals surface area contributed by atoms with E-state index < -0.39 is 10.9 Å². The molecule has 1 aromatic rings. The molecule has 1 fully saturated rings. The Balaban J connectivity index is 1.75. The third-order valence-corrected chi connectivity index (χ3v) is 3.30. The summed E-state index contributed by atoms with van der Waals surface area (Å²) in [5.41, 5.74) is 0.765. The van der Waals surface area contributed by atoms with Gasteiger partial charge in [-0.25, -0.2) is 4.79 Å². The van der Waals surface area contributed by atoms with Crippen molar-refractivity contribution in [2.45, 2.75) is 13.0 Å². The van der Waals surface area contributed by atoms with Crippen LogP contribution in [0.3, 0.4) is 0 Å². The van der Waals surface area contributed by atoms with Gasteiger partial charge in [0, 0.05) is 37.7 Å². The maximum atomic E-state index is 11.8. The molecule has 8 heteroatoms. The minimum absolute atomic E-state index is 0.00401. The van der Waals surface area contributed by atoms with Crippen molar-refractivity contribution in [3.05, 3.63) is 39.9 Å². The lowest BCUT2D eigenvalue weighted by Gasteiger charge is -2.38. The number of carbonyl (C=O) groups excluding carboxylic acids is 1. The molecule has 2 amide bonds. The van der Waals surface area contributed by atoms with Crippen molar-refractivity contribution in [3.63, 3.8) is 0 Å². The van der Waals surface area contributed by atoms with Gasteiger partial charge in [0.2, 0.25) is 0 Å². The van der Waals surface area contributed by atoms with Crippen molar-refractivity contribution in [2.75, 3.05) is 13.1 Å². The Labute approximate surface area is 120 Å². The molecule has 2 rings (SSSR count). The predicted molar refractivity (Wildman–Crippen MR) is 72.6 cm³/mol. The van der Waals surface area contributed by atoms with E-state index in [0.717, 1.165) is 5.56 Å². The van der Waals surface area contributed by atoms with Crippen LogP contribution in [0.1, 0.15) is 12.0 Å². The first-order valence-electron chi connectivity index (χ1n) is 6.43. The maximum Gasteiger partial charge on any atom is 0.317 e. The number of nitrogens with zero attached hydrogens (tertiary/aromatic N) is 2. The molecule has 0 aliphatic carbocycles. The van der Waals surface area contributed by atoms with Crippen molar-refractivity contribution in [2.24, 2.45) is 5.92 Å². The van der Waals surface area contributed by atoms with E-state index in [1.807, 2.05) is 0 Å². The number of nitro benzene ring substituents is 1. The molecular formula is C13H15N3O5. The zero-order valence-corrected chi connectivity index (χ0v) is 11.2. The molecule has 1 heterocycles. The van der Waals surface area contributed by atoms with Gasteiger partial charge in [-0.05, 0) is 5.56 Å². The molecule has 0 saturated carbocycles. The van der Waals surface area contributed by atoms with Crippen LogP contribution in [-0.4, -0.2) is 40.0 Å². The second-order valence-corrected chi connectivity index (χ2v) is 4.95. The Morgan fingerprint density at radius 1 is 1.33 bits per heavy atom. The summed E-state index contributed by atoms with van der Waals surface area (Å²) >= 11 is 0. The van der Waals surface area contributed by atoms with Gasteiger partial charge in [-0.2, -0.15) is 0 Å².